The molecule has 4 heteroatoms. The van der Waals surface area contributed by atoms with E-state index in [1.54, 1.807) is 18.9 Å². The van der Waals surface area contributed by atoms with E-state index < -0.39 is 0 Å². The first kappa shape index (κ1) is 16.2. The fourth-order valence-corrected chi connectivity index (χ4v) is 3.63. The molecule has 2 N–H and O–H groups in total. The molecule has 0 saturated heterocycles. The maximum Gasteiger partial charge on any atom is 0.118 e. The van der Waals surface area contributed by atoms with E-state index in [1.807, 2.05) is 36.4 Å². The van der Waals surface area contributed by atoms with Crippen molar-refractivity contribution in [2.75, 3.05) is 7.11 Å². The first-order valence-corrected chi connectivity index (χ1v) is 8.22. The van der Waals surface area contributed by atoms with Crippen molar-refractivity contribution in [2.24, 2.45) is 5.73 Å². The normalized spacial score (nSPS) is 13.7. The van der Waals surface area contributed by atoms with Crippen LogP contribution in [0.2, 0.25) is 5.02 Å². The van der Waals surface area contributed by atoms with E-state index in [0.717, 1.165) is 22.1 Å². The first-order chi connectivity index (χ1) is 10.2. The van der Waals surface area contributed by atoms with E-state index in [-0.39, 0.29) is 11.3 Å². The van der Waals surface area contributed by atoms with Gasteiger partial charge in [0.25, 0.3) is 0 Å². The zero-order valence-corrected chi connectivity index (χ0v) is 13.8. The van der Waals surface area contributed by atoms with Crippen molar-refractivity contribution in [3.63, 3.8) is 0 Å². The molecule has 0 heterocycles. The topological polar surface area (TPSA) is 35.2 Å². The molecule has 0 aliphatic heterocycles. The highest BCUT2D eigenvalue weighted by Gasteiger charge is 2.21. The summed E-state index contributed by atoms with van der Waals surface area (Å²) in [7, 11) is 1.67. The first-order valence-electron chi connectivity index (χ1n) is 6.96. The lowest BCUT2D eigenvalue weighted by Gasteiger charge is -2.23. The lowest BCUT2D eigenvalue weighted by Crippen LogP contribution is -2.25. The van der Waals surface area contributed by atoms with Crippen molar-refractivity contribution in [3.05, 3.63) is 59.1 Å². The van der Waals surface area contributed by atoms with Crippen LogP contribution in [0, 0.1) is 0 Å². The molecular formula is C17H20ClNOS. The Bertz CT molecular complexity index is 573. The Hall–Kier alpha value is -1.16. The minimum atomic E-state index is 0.0691. The molecule has 0 radical (unpaired) electrons. The summed E-state index contributed by atoms with van der Waals surface area (Å²) in [5.74, 6) is 0.852. The van der Waals surface area contributed by atoms with Gasteiger partial charge in [0.05, 0.1) is 12.1 Å². The fourth-order valence-electron chi connectivity index (χ4n) is 2.09. The summed E-state index contributed by atoms with van der Waals surface area (Å²) < 4.78 is 5.21. The molecule has 2 atom stereocenters. The van der Waals surface area contributed by atoms with Crippen LogP contribution in [0.3, 0.4) is 0 Å². The van der Waals surface area contributed by atoms with Crippen LogP contribution in [0.1, 0.15) is 24.2 Å². The molecular weight excluding hydrogens is 302 g/mol. The van der Waals surface area contributed by atoms with Crippen LogP contribution in [0.15, 0.2) is 53.4 Å². The molecule has 0 aliphatic rings. The molecule has 112 valence electrons. The Morgan fingerprint density at radius 2 is 1.81 bits per heavy atom. The second-order valence-corrected chi connectivity index (χ2v) is 6.40. The Kier molecular flexibility index (Phi) is 5.97. The van der Waals surface area contributed by atoms with Gasteiger partial charge in [0, 0.05) is 16.2 Å². The number of benzene rings is 2. The molecule has 0 amide bonds. The zero-order chi connectivity index (χ0) is 15.2. The molecule has 0 bridgehead atoms. The molecule has 0 spiro atoms. The van der Waals surface area contributed by atoms with Gasteiger partial charge in [-0.25, -0.2) is 0 Å². The number of hydrogen-bond donors (Lipinski definition) is 1. The average molecular weight is 322 g/mol. The summed E-state index contributed by atoms with van der Waals surface area (Å²) in [5, 5.41) is 0.935. The van der Waals surface area contributed by atoms with Crippen LogP contribution in [-0.2, 0) is 0 Å². The number of rotatable bonds is 6. The van der Waals surface area contributed by atoms with Gasteiger partial charge in [-0.2, -0.15) is 0 Å². The molecule has 0 saturated carbocycles. The lowest BCUT2D eigenvalue weighted by molar-refractivity contribution is 0.414. The number of ether oxygens (including phenoxy) is 1. The Labute approximate surface area is 135 Å². The van der Waals surface area contributed by atoms with Crippen molar-refractivity contribution in [3.8, 4) is 5.75 Å². The summed E-state index contributed by atoms with van der Waals surface area (Å²) in [6, 6.07) is 16.0. The van der Waals surface area contributed by atoms with Gasteiger partial charge in [0.2, 0.25) is 0 Å². The van der Waals surface area contributed by atoms with Gasteiger partial charge in [0.15, 0.2) is 0 Å². The SMILES string of the molecule is CCC(N)C(Sc1ccccc1Cl)c1ccc(OC)cc1. The quantitative estimate of drug-likeness (QED) is 0.767. The van der Waals surface area contributed by atoms with Crippen molar-refractivity contribution < 1.29 is 4.74 Å². The van der Waals surface area contributed by atoms with E-state index >= 15 is 0 Å². The number of methoxy groups -OCH3 is 1. The number of hydrogen-bond acceptors (Lipinski definition) is 3. The van der Waals surface area contributed by atoms with Gasteiger partial charge in [-0.15, -0.1) is 11.8 Å². The predicted octanol–water partition coefficient (Wildman–Crippen LogP) is 4.92. The molecule has 2 rings (SSSR count). The van der Waals surface area contributed by atoms with E-state index in [1.165, 1.54) is 5.56 Å². The molecule has 2 unspecified atom stereocenters. The summed E-state index contributed by atoms with van der Waals surface area (Å²) in [5.41, 5.74) is 7.51. The average Bonchev–Trinajstić information content (AvgIpc) is 2.53. The third-order valence-electron chi connectivity index (χ3n) is 3.40. The maximum atomic E-state index is 6.32. The number of nitrogens with two attached hydrogens (primary N) is 1. The minimum absolute atomic E-state index is 0.0691. The highest BCUT2D eigenvalue weighted by molar-refractivity contribution is 7.99. The van der Waals surface area contributed by atoms with E-state index in [4.69, 9.17) is 22.1 Å². The van der Waals surface area contributed by atoms with Crippen LogP contribution < -0.4 is 10.5 Å². The largest absolute Gasteiger partial charge is 0.497 e. The number of thioether (sulfide) groups is 1. The summed E-state index contributed by atoms with van der Waals surface area (Å²) in [4.78, 5) is 1.06. The third kappa shape index (κ3) is 4.16. The standard InChI is InChI=1S/C17H20ClNOS/c1-3-15(19)17(12-8-10-13(20-2)11-9-12)21-16-7-5-4-6-14(16)18/h4-11,15,17H,3,19H2,1-2H3. The number of halogens is 1. The van der Waals surface area contributed by atoms with Crippen molar-refractivity contribution in [2.45, 2.75) is 29.5 Å². The van der Waals surface area contributed by atoms with Crippen LogP contribution in [-0.4, -0.2) is 13.2 Å². The summed E-state index contributed by atoms with van der Waals surface area (Å²) >= 11 is 7.99. The van der Waals surface area contributed by atoms with Crippen molar-refractivity contribution in [1.82, 2.24) is 0 Å². The van der Waals surface area contributed by atoms with Crippen molar-refractivity contribution >= 4 is 23.4 Å². The molecule has 2 aromatic rings. The van der Waals surface area contributed by atoms with Crippen LogP contribution >= 0.6 is 23.4 Å². The van der Waals surface area contributed by atoms with Gasteiger partial charge in [-0.05, 0) is 36.2 Å². The van der Waals surface area contributed by atoms with Gasteiger partial charge in [-0.1, -0.05) is 42.8 Å². The van der Waals surface area contributed by atoms with E-state index in [9.17, 15) is 0 Å². The second-order valence-electron chi connectivity index (χ2n) is 4.81. The molecule has 0 aromatic heterocycles. The van der Waals surface area contributed by atoms with Crippen LogP contribution in [0.25, 0.3) is 0 Å². The highest BCUT2D eigenvalue weighted by Crippen LogP contribution is 2.41. The third-order valence-corrected chi connectivity index (χ3v) is 5.32. The van der Waals surface area contributed by atoms with Crippen LogP contribution in [0.5, 0.6) is 5.75 Å². The zero-order valence-electron chi connectivity index (χ0n) is 12.3. The molecule has 2 nitrogen and oxygen atoms in total. The van der Waals surface area contributed by atoms with Crippen LogP contribution in [0.4, 0.5) is 0 Å². The van der Waals surface area contributed by atoms with Gasteiger partial charge in [-0.3, -0.25) is 0 Å². The lowest BCUT2D eigenvalue weighted by atomic mass is 10.0. The Balaban J connectivity index is 2.27. The fraction of sp³-hybridized carbons (Fsp3) is 0.294. The Morgan fingerprint density at radius 1 is 1.14 bits per heavy atom. The minimum Gasteiger partial charge on any atom is -0.497 e. The maximum absolute atomic E-state index is 6.32. The predicted molar refractivity (Wildman–Crippen MR) is 91.3 cm³/mol. The molecule has 0 fully saturated rings. The molecule has 0 aliphatic carbocycles. The van der Waals surface area contributed by atoms with E-state index in [0.29, 0.717) is 0 Å². The monoisotopic (exact) mass is 321 g/mol. The molecule has 21 heavy (non-hydrogen) atoms. The smallest absolute Gasteiger partial charge is 0.118 e. The van der Waals surface area contributed by atoms with Gasteiger partial charge in [0.1, 0.15) is 5.75 Å². The van der Waals surface area contributed by atoms with Crippen molar-refractivity contribution in [1.29, 1.82) is 0 Å². The molecule has 2 aromatic carbocycles. The van der Waals surface area contributed by atoms with E-state index in [2.05, 4.69) is 19.1 Å². The highest BCUT2D eigenvalue weighted by atomic mass is 35.5. The van der Waals surface area contributed by atoms with Gasteiger partial charge < -0.3 is 10.5 Å². The Morgan fingerprint density at radius 3 is 2.38 bits per heavy atom. The summed E-state index contributed by atoms with van der Waals surface area (Å²) in [6.45, 7) is 2.11. The van der Waals surface area contributed by atoms with Gasteiger partial charge >= 0.3 is 0 Å². The summed E-state index contributed by atoms with van der Waals surface area (Å²) in [6.07, 6.45) is 0.911. The second kappa shape index (κ2) is 7.74.